The Kier molecular flexibility index (Phi) is 2.94. The van der Waals surface area contributed by atoms with E-state index in [1.807, 2.05) is 6.07 Å². The van der Waals surface area contributed by atoms with Crippen LogP contribution in [0.15, 0.2) is 18.3 Å². The van der Waals surface area contributed by atoms with Crippen LogP contribution >= 0.6 is 0 Å². The summed E-state index contributed by atoms with van der Waals surface area (Å²) in [5.41, 5.74) is 9.99. The van der Waals surface area contributed by atoms with Crippen LogP contribution in [0.3, 0.4) is 0 Å². The summed E-state index contributed by atoms with van der Waals surface area (Å²) < 4.78 is 0. The summed E-state index contributed by atoms with van der Waals surface area (Å²) in [6.45, 7) is -0.112. The van der Waals surface area contributed by atoms with Crippen molar-refractivity contribution in [3.05, 3.63) is 29.6 Å². The van der Waals surface area contributed by atoms with Gasteiger partial charge >= 0.3 is 0 Å². The number of pyridine rings is 1. The van der Waals surface area contributed by atoms with Crippen LogP contribution < -0.4 is 11.2 Å². The van der Waals surface area contributed by atoms with Gasteiger partial charge in [0.25, 0.3) is 0 Å². The van der Waals surface area contributed by atoms with Gasteiger partial charge in [-0.05, 0) is 24.5 Å². The Balaban J connectivity index is 1.93. The second kappa shape index (κ2) is 4.37. The lowest BCUT2D eigenvalue weighted by Gasteiger charge is -2.11. The first kappa shape index (κ1) is 10.1. The van der Waals surface area contributed by atoms with E-state index in [2.05, 4.69) is 16.5 Å². The summed E-state index contributed by atoms with van der Waals surface area (Å²) in [7, 11) is 0. The van der Waals surface area contributed by atoms with Gasteiger partial charge in [-0.25, -0.2) is 0 Å². The Morgan fingerprint density at radius 3 is 3.40 bits per heavy atom. The quantitative estimate of drug-likeness (QED) is 0.685. The number of hydrogen-bond acceptors (Lipinski definition) is 4. The number of nitrogens with one attached hydrogen (secondary N) is 1. The normalized spacial score (nSPS) is 18.8. The fourth-order valence-electron chi connectivity index (χ4n) is 1.74. The molecule has 0 bridgehead atoms. The lowest BCUT2D eigenvalue weighted by Crippen LogP contribution is -2.27. The van der Waals surface area contributed by atoms with Crippen molar-refractivity contribution < 1.29 is 9.63 Å². The van der Waals surface area contributed by atoms with Crippen LogP contribution in [0.5, 0.6) is 0 Å². The van der Waals surface area contributed by atoms with Gasteiger partial charge < -0.3 is 5.73 Å². The first-order chi connectivity index (χ1) is 7.27. The van der Waals surface area contributed by atoms with Crippen LogP contribution in [-0.2, 0) is 16.1 Å². The molecule has 3 N–H and O–H groups in total. The van der Waals surface area contributed by atoms with E-state index in [1.165, 1.54) is 5.56 Å². The third kappa shape index (κ3) is 2.31. The molecule has 5 nitrogen and oxygen atoms in total. The highest BCUT2D eigenvalue weighted by molar-refractivity contribution is 5.74. The van der Waals surface area contributed by atoms with Crippen molar-refractivity contribution >= 4 is 5.91 Å². The summed E-state index contributed by atoms with van der Waals surface area (Å²) in [5.74, 6) is -0.484. The van der Waals surface area contributed by atoms with Gasteiger partial charge in [-0.1, -0.05) is 6.07 Å². The van der Waals surface area contributed by atoms with Crippen molar-refractivity contribution in [1.82, 2.24) is 10.5 Å². The molecule has 0 radical (unpaired) electrons. The van der Waals surface area contributed by atoms with Gasteiger partial charge in [-0.2, -0.15) is 5.48 Å². The molecule has 1 heterocycles. The van der Waals surface area contributed by atoms with Crippen molar-refractivity contribution in [1.29, 1.82) is 0 Å². The summed E-state index contributed by atoms with van der Waals surface area (Å²) in [5, 5.41) is 0. The molecule has 1 atom stereocenters. The van der Waals surface area contributed by atoms with Crippen LogP contribution in [0.25, 0.3) is 0 Å². The minimum atomic E-state index is -0.484. The van der Waals surface area contributed by atoms with Gasteiger partial charge in [0.05, 0.1) is 11.7 Å². The number of primary amides is 1. The summed E-state index contributed by atoms with van der Waals surface area (Å²) in [6, 6.07) is 4.05. The van der Waals surface area contributed by atoms with Crippen molar-refractivity contribution in [2.24, 2.45) is 5.73 Å². The maximum absolute atomic E-state index is 10.5. The molecule has 1 aromatic rings. The maximum atomic E-state index is 10.5. The molecular weight excluding hydrogens is 194 g/mol. The van der Waals surface area contributed by atoms with Gasteiger partial charge in [0, 0.05) is 6.20 Å². The number of hydroxylamine groups is 1. The van der Waals surface area contributed by atoms with Crippen molar-refractivity contribution in [2.75, 3.05) is 6.61 Å². The lowest BCUT2D eigenvalue weighted by atomic mass is 10.2. The molecule has 1 unspecified atom stereocenters. The molecule has 0 saturated heterocycles. The first-order valence-corrected chi connectivity index (χ1v) is 4.87. The number of fused-ring (bicyclic) bond motifs is 1. The molecule has 0 aliphatic heterocycles. The zero-order chi connectivity index (χ0) is 10.7. The van der Waals surface area contributed by atoms with E-state index in [4.69, 9.17) is 10.6 Å². The summed E-state index contributed by atoms with van der Waals surface area (Å²) >= 11 is 0. The average molecular weight is 207 g/mol. The van der Waals surface area contributed by atoms with Crippen molar-refractivity contribution in [3.63, 3.8) is 0 Å². The van der Waals surface area contributed by atoms with Crippen molar-refractivity contribution in [3.8, 4) is 0 Å². The molecule has 1 aliphatic rings. The van der Waals surface area contributed by atoms with Crippen LogP contribution in [0.4, 0.5) is 0 Å². The Morgan fingerprint density at radius 2 is 2.60 bits per heavy atom. The van der Waals surface area contributed by atoms with E-state index in [9.17, 15) is 4.79 Å². The minimum Gasteiger partial charge on any atom is -0.368 e. The Labute approximate surface area is 87.6 Å². The van der Waals surface area contributed by atoms with Crippen LogP contribution in [0, 0.1) is 0 Å². The number of rotatable bonds is 4. The van der Waals surface area contributed by atoms with Gasteiger partial charge in [0.15, 0.2) is 0 Å². The van der Waals surface area contributed by atoms with E-state index < -0.39 is 5.91 Å². The SMILES string of the molecule is NC(=O)CONC1CCc2cccnc21. The lowest BCUT2D eigenvalue weighted by molar-refractivity contribution is -0.126. The number of aryl methyl sites for hydroxylation is 1. The monoisotopic (exact) mass is 207 g/mol. The second-order valence-electron chi connectivity index (χ2n) is 3.51. The predicted octanol–water partition coefficient (Wildman–Crippen LogP) is 0.0754. The highest BCUT2D eigenvalue weighted by atomic mass is 16.6. The number of amides is 1. The zero-order valence-electron chi connectivity index (χ0n) is 8.27. The molecule has 15 heavy (non-hydrogen) atoms. The van der Waals surface area contributed by atoms with Gasteiger partial charge in [-0.15, -0.1) is 0 Å². The summed E-state index contributed by atoms with van der Waals surface area (Å²) in [4.78, 5) is 19.7. The number of aromatic nitrogens is 1. The molecule has 0 spiro atoms. The molecule has 0 fully saturated rings. The highest BCUT2D eigenvalue weighted by Crippen LogP contribution is 2.28. The van der Waals surface area contributed by atoms with Crippen LogP contribution in [-0.4, -0.2) is 17.5 Å². The first-order valence-electron chi connectivity index (χ1n) is 4.87. The Hall–Kier alpha value is -1.46. The second-order valence-corrected chi connectivity index (χ2v) is 3.51. The molecule has 1 amide bonds. The Bertz CT molecular complexity index is 367. The van der Waals surface area contributed by atoms with E-state index in [1.54, 1.807) is 6.20 Å². The zero-order valence-corrected chi connectivity index (χ0v) is 8.27. The molecule has 80 valence electrons. The standard InChI is InChI=1S/C10H13N3O2/c11-9(14)6-15-13-8-4-3-7-2-1-5-12-10(7)8/h1-2,5,8,13H,3-4,6H2,(H2,11,14). The molecular formula is C10H13N3O2. The highest BCUT2D eigenvalue weighted by Gasteiger charge is 2.23. The maximum Gasteiger partial charge on any atom is 0.245 e. The van der Waals surface area contributed by atoms with E-state index in [0.29, 0.717) is 0 Å². The fraction of sp³-hybridized carbons (Fsp3) is 0.400. The molecule has 1 aliphatic carbocycles. The number of carbonyl (C=O) groups excluding carboxylic acids is 1. The molecule has 1 aromatic heterocycles. The smallest absolute Gasteiger partial charge is 0.245 e. The van der Waals surface area contributed by atoms with Crippen LogP contribution in [0.1, 0.15) is 23.7 Å². The van der Waals surface area contributed by atoms with E-state index >= 15 is 0 Å². The van der Waals surface area contributed by atoms with Gasteiger partial charge in [0.2, 0.25) is 5.91 Å². The third-order valence-corrected chi connectivity index (χ3v) is 2.40. The van der Waals surface area contributed by atoms with Gasteiger partial charge in [0.1, 0.15) is 6.61 Å². The minimum absolute atomic E-state index is 0.0700. The van der Waals surface area contributed by atoms with E-state index in [0.717, 1.165) is 18.5 Å². The van der Waals surface area contributed by atoms with Crippen LogP contribution in [0.2, 0.25) is 0 Å². The molecule has 0 aromatic carbocycles. The number of carbonyl (C=O) groups is 1. The van der Waals surface area contributed by atoms with E-state index in [-0.39, 0.29) is 12.6 Å². The topological polar surface area (TPSA) is 77.2 Å². The third-order valence-electron chi connectivity index (χ3n) is 2.40. The van der Waals surface area contributed by atoms with Crippen molar-refractivity contribution in [2.45, 2.75) is 18.9 Å². The molecule has 2 rings (SSSR count). The number of nitrogens with zero attached hydrogens (tertiary/aromatic N) is 1. The van der Waals surface area contributed by atoms with Gasteiger partial charge in [-0.3, -0.25) is 14.6 Å². The number of hydrogen-bond donors (Lipinski definition) is 2. The molecule has 5 heteroatoms. The largest absolute Gasteiger partial charge is 0.368 e. The fourth-order valence-corrected chi connectivity index (χ4v) is 1.74. The summed E-state index contributed by atoms with van der Waals surface area (Å²) in [6.07, 6.45) is 3.68. The Morgan fingerprint density at radius 1 is 1.73 bits per heavy atom. The average Bonchev–Trinajstić information content (AvgIpc) is 2.62. The predicted molar refractivity (Wildman–Crippen MR) is 53.6 cm³/mol. The molecule has 0 saturated carbocycles. The number of nitrogens with two attached hydrogens (primary N) is 1.